The van der Waals surface area contributed by atoms with Crippen molar-refractivity contribution in [3.63, 3.8) is 0 Å². The minimum absolute atomic E-state index is 0.0316. The standard InChI is InChI=1S/C16H25N3O2/c1-18(2)10-11-21-15-7-5-4-6-14(15)16(20)19(3)13-8-9-17-12-13/h4-7,13,17H,8-12H2,1-3H3/t13-/m1/s1. The third-order valence-electron chi connectivity index (χ3n) is 3.82. The van der Waals surface area contributed by atoms with E-state index < -0.39 is 0 Å². The molecule has 1 aromatic rings. The van der Waals surface area contributed by atoms with E-state index in [1.54, 1.807) is 0 Å². The van der Waals surface area contributed by atoms with E-state index in [0.717, 1.165) is 26.1 Å². The Morgan fingerprint density at radius 3 is 2.76 bits per heavy atom. The highest BCUT2D eigenvalue weighted by Gasteiger charge is 2.25. The first-order valence-electron chi connectivity index (χ1n) is 7.44. The van der Waals surface area contributed by atoms with Gasteiger partial charge in [0.2, 0.25) is 0 Å². The third-order valence-corrected chi connectivity index (χ3v) is 3.82. The Morgan fingerprint density at radius 2 is 2.10 bits per heavy atom. The van der Waals surface area contributed by atoms with Crippen LogP contribution in [-0.4, -0.2) is 69.1 Å². The van der Waals surface area contributed by atoms with Crippen LogP contribution in [0.2, 0.25) is 0 Å². The van der Waals surface area contributed by atoms with Gasteiger partial charge in [-0.3, -0.25) is 4.79 Å². The topological polar surface area (TPSA) is 44.8 Å². The molecule has 1 aliphatic rings. The number of carbonyl (C=O) groups excluding carboxylic acids is 1. The van der Waals surface area contributed by atoms with Crippen LogP contribution in [0.4, 0.5) is 0 Å². The minimum atomic E-state index is 0.0316. The van der Waals surface area contributed by atoms with E-state index >= 15 is 0 Å². The van der Waals surface area contributed by atoms with Crippen LogP contribution < -0.4 is 10.1 Å². The molecule has 0 radical (unpaired) electrons. The molecule has 1 N–H and O–H groups in total. The van der Waals surface area contributed by atoms with E-state index in [1.165, 1.54) is 0 Å². The summed E-state index contributed by atoms with van der Waals surface area (Å²) in [6.07, 6.45) is 1.01. The molecule has 0 spiro atoms. The van der Waals surface area contributed by atoms with E-state index in [1.807, 2.05) is 50.3 Å². The quantitative estimate of drug-likeness (QED) is 0.851. The first kappa shape index (κ1) is 15.8. The molecule has 1 atom stereocenters. The number of nitrogens with zero attached hydrogens (tertiary/aromatic N) is 2. The molecule has 1 amide bonds. The van der Waals surface area contributed by atoms with Crippen LogP contribution in [0.5, 0.6) is 5.75 Å². The van der Waals surface area contributed by atoms with Crippen molar-refractivity contribution in [2.45, 2.75) is 12.5 Å². The zero-order valence-electron chi connectivity index (χ0n) is 13.1. The number of hydrogen-bond acceptors (Lipinski definition) is 4. The molecule has 0 saturated carbocycles. The average Bonchev–Trinajstić information content (AvgIpc) is 3.00. The predicted octanol–water partition coefficient (Wildman–Crippen LogP) is 1.06. The van der Waals surface area contributed by atoms with E-state index in [-0.39, 0.29) is 11.9 Å². The summed E-state index contributed by atoms with van der Waals surface area (Å²) in [6.45, 7) is 3.24. The normalized spacial score (nSPS) is 18.0. The Bertz CT molecular complexity index is 470. The summed E-state index contributed by atoms with van der Waals surface area (Å²) >= 11 is 0. The molecule has 0 bridgehead atoms. The Morgan fingerprint density at radius 1 is 1.33 bits per heavy atom. The van der Waals surface area contributed by atoms with E-state index in [0.29, 0.717) is 17.9 Å². The summed E-state index contributed by atoms with van der Waals surface area (Å²) in [5, 5.41) is 3.29. The smallest absolute Gasteiger partial charge is 0.257 e. The van der Waals surface area contributed by atoms with Crippen molar-refractivity contribution < 1.29 is 9.53 Å². The monoisotopic (exact) mass is 291 g/mol. The minimum Gasteiger partial charge on any atom is -0.491 e. The first-order chi connectivity index (χ1) is 10.1. The van der Waals surface area contributed by atoms with Gasteiger partial charge in [-0.1, -0.05) is 12.1 Å². The Balaban J connectivity index is 2.05. The number of amides is 1. The molecule has 1 aliphatic heterocycles. The fourth-order valence-electron chi connectivity index (χ4n) is 2.43. The first-order valence-corrected chi connectivity index (χ1v) is 7.44. The Hall–Kier alpha value is -1.59. The van der Waals surface area contributed by atoms with Crippen molar-refractivity contribution in [2.75, 3.05) is 47.4 Å². The average molecular weight is 291 g/mol. The second kappa shape index (κ2) is 7.43. The van der Waals surface area contributed by atoms with Crippen LogP contribution in [0.3, 0.4) is 0 Å². The molecular weight excluding hydrogens is 266 g/mol. The summed E-state index contributed by atoms with van der Waals surface area (Å²) < 4.78 is 5.78. The van der Waals surface area contributed by atoms with Gasteiger partial charge in [-0.05, 0) is 39.2 Å². The summed E-state index contributed by atoms with van der Waals surface area (Å²) in [6, 6.07) is 7.76. The number of hydrogen-bond donors (Lipinski definition) is 1. The van der Waals surface area contributed by atoms with Crippen molar-refractivity contribution in [3.8, 4) is 5.75 Å². The number of nitrogens with one attached hydrogen (secondary N) is 1. The Labute approximate surface area is 126 Å². The molecule has 1 aromatic carbocycles. The fourth-order valence-corrected chi connectivity index (χ4v) is 2.43. The molecule has 0 unspecified atom stereocenters. The highest BCUT2D eigenvalue weighted by molar-refractivity contribution is 5.97. The molecule has 5 heteroatoms. The maximum atomic E-state index is 12.7. The molecule has 1 heterocycles. The third kappa shape index (κ3) is 4.19. The van der Waals surface area contributed by atoms with Gasteiger partial charge in [0.15, 0.2) is 0 Å². The van der Waals surface area contributed by atoms with Gasteiger partial charge in [0.1, 0.15) is 12.4 Å². The molecule has 0 aromatic heterocycles. The molecule has 21 heavy (non-hydrogen) atoms. The van der Waals surface area contributed by atoms with Crippen molar-refractivity contribution >= 4 is 5.91 Å². The molecule has 5 nitrogen and oxygen atoms in total. The molecule has 1 fully saturated rings. The summed E-state index contributed by atoms with van der Waals surface area (Å²) in [7, 11) is 5.87. The fraction of sp³-hybridized carbons (Fsp3) is 0.562. The molecular formula is C16H25N3O2. The largest absolute Gasteiger partial charge is 0.491 e. The van der Waals surface area contributed by atoms with Gasteiger partial charge in [-0.15, -0.1) is 0 Å². The van der Waals surface area contributed by atoms with E-state index in [9.17, 15) is 4.79 Å². The lowest BCUT2D eigenvalue weighted by Gasteiger charge is -2.25. The van der Waals surface area contributed by atoms with Gasteiger partial charge in [0, 0.05) is 26.2 Å². The number of likely N-dealkylation sites (N-methyl/N-ethyl adjacent to an activating group) is 2. The van der Waals surface area contributed by atoms with Crippen molar-refractivity contribution in [2.24, 2.45) is 0 Å². The highest BCUT2D eigenvalue weighted by Crippen LogP contribution is 2.21. The lowest BCUT2D eigenvalue weighted by Crippen LogP contribution is -2.38. The maximum absolute atomic E-state index is 12.7. The van der Waals surface area contributed by atoms with Crippen molar-refractivity contribution in [3.05, 3.63) is 29.8 Å². The van der Waals surface area contributed by atoms with E-state index in [4.69, 9.17) is 4.74 Å². The molecule has 0 aliphatic carbocycles. The number of rotatable bonds is 6. The zero-order valence-corrected chi connectivity index (χ0v) is 13.1. The van der Waals surface area contributed by atoms with E-state index in [2.05, 4.69) is 10.2 Å². The van der Waals surface area contributed by atoms with Gasteiger partial charge in [-0.2, -0.15) is 0 Å². The molecule has 116 valence electrons. The SMILES string of the molecule is CN(C)CCOc1ccccc1C(=O)N(C)[C@@H]1CCNC1. The van der Waals surface area contributed by atoms with Gasteiger partial charge in [0.25, 0.3) is 5.91 Å². The summed E-state index contributed by atoms with van der Waals surface area (Å²) in [4.78, 5) is 16.5. The number of benzene rings is 1. The van der Waals surface area contributed by atoms with Crippen LogP contribution in [0.15, 0.2) is 24.3 Å². The van der Waals surface area contributed by atoms with Gasteiger partial charge >= 0.3 is 0 Å². The molecule has 2 rings (SSSR count). The van der Waals surface area contributed by atoms with Crippen molar-refractivity contribution in [1.82, 2.24) is 15.1 Å². The highest BCUT2D eigenvalue weighted by atomic mass is 16.5. The lowest BCUT2D eigenvalue weighted by molar-refractivity contribution is 0.0739. The van der Waals surface area contributed by atoms with Gasteiger partial charge < -0.3 is 19.9 Å². The van der Waals surface area contributed by atoms with Crippen LogP contribution in [0.25, 0.3) is 0 Å². The maximum Gasteiger partial charge on any atom is 0.257 e. The number of carbonyl (C=O) groups is 1. The number of para-hydroxylation sites is 1. The van der Waals surface area contributed by atoms with Crippen molar-refractivity contribution in [1.29, 1.82) is 0 Å². The van der Waals surface area contributed by atoms with Crippen LogP contribution >= 0.6 is 0 Å². The zero-order chi connectivity index (χ0) is 15.2. The molecule has 1 saturated heterocycles. The predicted molar refractivity (Wildman–Crippen MR) is 83.9 cm³/mol. The van der Waals surface area contributed by atoms with Gasteiger partial charge in [-0.25, -0.2) is 0 Å². The second-order valence-corrected chi connectivity index (χ2v) is 5.71. The van der Waals surface area contributed by atoms with Crippen LogP contribution in [0, 0.1) is 0 Å². The van der Waals surface area contributed by atoms with Gasteiger partial charge in [0.05, 0.1) is 5.56 Å². The Kier molecular flexibility index (Phi) is 5.59. The lowest BCUT2D eigenvalue weighted by atomic mass is 10.1. The number of ether oxygens (including phenoxy) is 1. The second-order valence-electron chi connectivity index (χ2n) is 5.71. The summed E-state index contributed by atoms with van der Waals surface area (Å²) in [5.74, 6) is 0.700. The van der Waals surface area contributed by atoms with Crippen LogP contribution in [-0.2, 0) is 0 Å². The van der Waals surface area contributed by atoms with Crippen LogP contribution in [0.1, 0.15) is 16.8 Å². The summed E-state index contributed by atoms with van der Waals surface area (Å²) in [5.41, 5.74) is 0.644.